The van der Waals surface area contributed by atoms with E-state index in [-0.39, 0.29) is 11.9 Å². The van der Waals surface area contributed by atoms with Crippen LogP contribution < -0.4 is 0 Å². The average Bonchev–Trinajstić information content (AvgIpc) is 2.98. The molecule has 1 aliphatic carbocycles. The van der Waals surface area contributed by atoms with Crippen molar-refractivity contribution in [1.29, 1.82) is 0 Å². The van der Waals surface area contributed by atoms with Crippen LogP contribution in [0, 0.1) is 17.8 Å². The van der Waals surface area contributed by atoms with Gasteiger partial charge < -0.3 is 14.9 Å². The average molecular weight is 266 g/mol. The van der Waals surface area contributed by atoms with Crippen molar-refractivity contribution in [2.75, 3.05) is 26.2 Å². The number of carbonyl (C=O) groups excluding carboxylic acids is 1. The zero-order valence-electron chi connectivity index (χ0n) is 11.3. The molecular weight excluding hydrogens is 244 g/mol. The number of carboxylic acid groups (broad SMARTS) is 1. The number of fused-ring (bicyclic) bond motifs is 1. The van der Waals surface area contributed by atoms with E-state index >= 15 is 0 Å². The van der Waals surface area contributed by atoms with Crippen LogP contribution in [-0.4, -0.2) is 53.1 Å². The van der Waals surface area contributed by atoms with E-state index in [4.69, 9.17) is 5.11 Å². The summed E-state index contributed by atoms with van der Waals surface area (Å²) in [6.45, 7) is 2.88. The third kappa shape index (κ3) is 2.42. The van der Waals surface area contributed by atoms with Gasteiger partial charge in [0.05, 0.1) is 5.92 Å². The molecule has 0 radical (unpaired) electrons. The minimum Gasteiger partial charge on any atom is -0.481 e. The molecular formula is C14H22N2O3. The molecule has 106 valence electrons. The van der Waals surface area contributed by atoms with Crippen LogP contribution in [0.25, 0.3) is 0 Å². The Morgan fingerprint density at radius 3 is 2.21 bits per heavy atom. The third-order valence-electron chi connectivity index (χ3n) is 5.04. The zero-order valence-corrected chi connectivity index (χ0v) is 11.3. The lowest BCUT2D eigenvalue weighted by Gasteiger charge is -2.34. The highest BCUT2D eigenvalue weighted by Gasteiger charge is 2.40. The lowest BCUT2D eigenvalue weighted by molar-refractivity contribution is -0.143. The number of carbonyl (C=O) groups is 2. The normalized spacial score (nSPS) is 34.4. The van der Waals surface area contributed by atoms with Gasteiger partial charge in [0, 0.05) is 26.2 Å². The van der Waals surface area contributed by atoms with E-state index < -0.39 is 5.97 Å². The monoisotopic (exact) mass is 266 g/mol. The largest absolute Gasteiger partial charge is 0.481 e. The summed E-state index contributed by atoms with van der Waals surface area (Å²) in [6.07, 6.45) is 5.33. The number of nitrogens with zero attached hydrogens (tertiary/aromatic N) is 2. The zero-order chi connectivity index (χ0) is 13.4. The van der Waals surface area contributed by atoms with E-state index in [9.17, 15) is 9.59 Å². The fourth-order valence-electron chi connectivity index (χ4n) is 3.94. The molecule has 3 atom stereocenters. The SMILES string of the molecule is O=C(O)C1CCCN(C(=O)N2CC3CCCC3C2)C1. The maximum atomic E-state index is 12.5. The minimum absolute atomic E-state index is 0.0698. The first kappa shape index (κ1) is 12.8. The summed E-state index contributed by atoms with van der Waals surface area (Å²) in [5.74, 6) is 0.253. The summed E-state index contributed by atoms with van der Waals surface area (Å²) in [6, 6.07) is 0.0698. The Balaban J connectivity index is 1.59. The van der Waals surface area contributed by atoms with E-state index in [1.54, 1.807) is 4.90 Å². The molecule has 3 rings (SSSR count). The molecule has 0 bridgehead atoms. The Hall–Kier alpha value is -1.26. The molecule has 1 N–H and O–H groups in total. The standard InChI is InChI=1S/C14H22N2O3/c17-13(18)12-5-2-6-15(9-12)14(19)16-7-10-3-1-4-11(10)8-16/h10-12H,1-9H2,(H,17,18). The van der Waals surface area contributed by atoms with Gasteiger partial charge in [0.1, 0.15) is 0 Å². The van der Waals surface area contributed by atoms with Crippen LogP contribution in [0.4, 0.5) is 4.79 Å². The molecule has 19 heavy (non-hydrogen) atoms. The summed E-state index contributed by atoms with van der Waals surface area (Å²) in [7, 11) is 0. The quantitative estimate of drug-likeness (QED) is 0.784. The Bertz CT molecular complexity index is 373. The maximum Gasteiger partial charge on any atom is 0.320 e. The second-order valence-corrected chi connectivity index (χ2v) is 6.26. The molecule has 3 fully saturated rings. The number of urea groups is 1. The lowest BCUT2D eigenvalue weighted by Crippen LogP contribution is -2.48. The molecule has 3 aliphatic rings. The highest BCUT2D eigenvalue weighted by Crippen LogP contribution is 2.38. The van der Waals surface area contributed by atoms with Crippen molar-refractivity contribution in [3.8, 4) is 0 Å². The van der Waals surface area contributed by atoms with Gasteiger partial charge in [0.25, 0.3) is 0 Å². The predicted octanol–water partition coefficient (Wildman–Crippen LogP) is 1.63. The van der Waals surface area contributed by atoms with Crippen LogP contribution in [0.3, 0.4) is 0 Å². The molecule has 0 spiro atoms. The number of piperidine rings is 1. The van der Waals surface area contributed by atoms with Gasteiger partial charge in [-0.15, -0.1) is 0 Å². The molecule has 0 aromatic rings. The van der Waals surface area contributed by atoms with Gasteiger partial charge in [-0.25, -0.2) is 4.79 Å². The van der Waals surface area contributed by atoms with Gasteiger partial charge in [-0.3, -0.25) is 4.79 Å². The van der Waals surface area contributed by atoms with E-state index in [2.05, 4.69) is 0 Å². The van der Waals surface area contributed by atoms with Crippen LogP contribution in [0.2, 0.25) is 0 Å². The molecule has 0 aromatic heterocycles. The summed E-state index contributed by atoms with van der Waals surface area (Å²) >= 11 is 0. The van der Waals surface area contributed by atoms with Crippen molar-refractivity contribution in [2.24, 2.45) is 17.8 Å². The molecule has 2 amide bonds. The van der Waals surface area contributed by atoms with Crippen LogP contribution in [0.5, 0.6) is 0 Å². The Morgan fingerprint density at radius 1 is 0.895 bits per heavy atom. The van der Waals surface area contributed by atoms with Crippen molar-refractivity contribution < 1.29 is 14.7 Å². The van der Waals surface area contributed by atoms with Crippen molar-refractivity contribution in [3.63, 3.8) is 0 Å². The second-order valence-electron chi connectivity index (χ2n) is 6.26. The molecule has 2 heterocycles. The topological polar surface area (TPSA) is 60.9 Å². The van der Waals surface area contributed by atoms with Crippen LogP contribution in [0.1, 0.15) is 32.1 Å². The van der Waals surface area contributed by atoms with Crippen molar-refractivity contribution in [1.82, 2.24) is 9.80 Å². The first-order valence-corrected chi connectivity index (χ1v) is 7.42. The van der Waals surface area contributed by atoms with Crippen LogP contribution in [-0.2, 0) is 4.79 Å². The van der Waals surface area contributed by atoms with Crippen molar-refractivity contribution in [2.45, 2.75) is 32.1 Å². The molecule has 3 unspecified atom stereocenters. The van der Waals surface area contributed by atoms with Crippen LogP contribution in [0.15, 0.2) is 0 Å². The summed E-state index contributed by atoms with van der Waals surface area (Å²) in [5.41, 5.74) is 0. The van der Waals surface area contributed by atoms with Crippen molar-refractivity contribution in [3.05, 3.63) is 0 Å². The van der Waals surface area contributed by atoms with E-state index in [1.165, 1.54) is 19.3 Å². The minimum atomic E-state index is -0.768. The van der Waals surface area contributed by atoms with Gasteiger partial charge in [-0.05, 0) is 37.5 Å². The van der Waals surface area contributed by atoms with Gasteiger partial charge in [-0.2, -0.15) is 0 Å². The second kappa shape index (κ2) is 5.02. The Kier molecular flexibility index (Phi) is 3.37. The molecule has 2 aliphatic heterocycles. The van der Waals surface area contributed by atoms with Gasteiger partial charge in [-0.1, -0.05) is 6.42 Å². The first-order chi connectivity index (χ1) is 9.15. The lowest BCUT2D eigenvalue weighted by atomic mass is 9.99. The Morgan fingerprint density at radius 2 is 1.58 bits per heavy atom. The number of carboxylic acids is 1. The van der Waals surface area contributed by atoms with Gasteiger partial charge in [0.2, 0.25) is 0 Å². The predicted molar refractivity (Wildman–Crippen MR) is 69.7 cm³/mol. The number of rotatable bonds is 1. The summed E-state index contributed by atoms with van der Waals surface area (Å²) < 4.78 is 0. The van der Waals surface area contributed by atoms with E-state index in [0.29, 0.717) is 31.3 Å². The number of hydrogen-bond donors (Lipinski definition) is 1. The highest BCUT2D eigenvalue weighted by molar-refractivity contribution is 5.77. The van der Waals surface area contributed by atoms with Crippen molar-refractivity contribution >= 4 is 12.0 Å². The fourth-order valence-corrected chi connectivity index (χ4v) is 3.94. The summed E-state index contributed by atoms with van der Waals surface area (Å²) in [5, 5.41) is 9.08. The van der Waals surface area contributed by atoms with E-state index in [1.807, 2.05) is 4.90 Å². The third-order valence-corrected chi connectivity index (χ3v) is 5.04. The smallest absolute Gasteiger partial charge is 0.320 e. The molecule has 5 heteroatoms. The molecule has 0 aromatic carbocycles. The van der Waals surface area contributed by atoms with Crippen LogP contribution >= 0.6 is 0 Å². The maximum absolute atomic E-state index is 12.5. The van der Waals surface area contributed by atoms with Gasteiger partial charge >= 0.3 is 12.0 Å². The molecule has 1 saturated carbocycles. The van der Waals surface area contributed by atoms with E-state index in [0.717, 1.165) is 19.5 Å². The first-order valence-electron chi connectivity index (χ1n) is 7.42. The molecule has 5 nitrogen and oxygen atoms in total. The number of amides is 2. The Labute approximate surface area is 113 Å². The van der Waals surface area contributed by atoms with Gasteiger partial charge in [0.15, 0.2) is 0 Å². The number of likely N-dealkylation sites (tertiary alicyclic amines) is 2. The number of hydrogen-bond acceptors (Lipinski definition) is 2. The summed E-state index contributed by atoms with van der Waals surface area (Å²) in [4.78, 5) is 27.2. The number of aliphatic carboxylic acids is 1. The highest BCUT2D eigenvalue weighted by atomic mass is 16.4. The molecule has 2 saturated heterocycles. The fraction of sp³-hybridized carbons (Fsp3) is 0.857.